The fraction of sp³-hybridized carbons (Fsp3) is 0.0625. The van der Waals surface area contributed by atoms with Crippen LogP contribution in [-0.4, -0.2) is 15.0 Å². The minimum Gasteiger partial charge on any atom is -0.264 e. The third-order valence-electron chi connectivity index (χ3n) is 3.04. The summed E-state index contributed by atoms with van der Waals surface area (Å²) >= 11 is 0. The van der Waals surface area contributed by atoms with Gasteiger partial charge in [0, 0.05) is 47.7 Å². The van der Waals surface area contributed by atoms with Crippen molar-refractivity contribution >= 4 is 0 Å². The Morgan fingerprint density at radius 1 is 0.842 bits per heavy atom. The van der Waals surface area contributed by atoms with Gasteiger partial charge in [0.1, 0.15) is 0 Å². The Balaban J connectivity index is 2.04. The summed E-state index contributed by atoms with van der Waals surface area (Å²) in [6, 6.07) is 9.99. The third kappa shape index (κ3) is 2.36. The molecular weight excluding hydrogens is 234 g/mol. The van der Waals surface area contributed by atoms with Crippen LogP contribution in [0.5, 0.6) is 0 Å². The first-order valence-corrected chi connectivity index (χ1v) is 6.12. The van der Waals surface area contributed by atoms with E-state index in [1.54, 1.807) is 12.4 Å². The first-order valence-electron chi connectivity index (χ1n) is 6.12. The minimum atomic E-state index is 0.943. The van der Waals surface area contributed by atoms with Gasteiger partial charge >= 0.3 is 0 Å². The lowest BCUT2D eigenvalue weighted by molar-refractivity contribution is 1.25. The van der Waals surface area contributed by atoms with Gasteiger partial charge in [0.15, 0.2) is 0 Å². The van der Waals surface area contributed by atoms with E-state index in [9.17, 15) is 0 Å². The molecule has 92 valence electrons. The van der Waals surface area contributed by atoms with Gasteiger partial charge in [-0.1, -0.05) is 6.07 Å². The molecule has 0 aromatic carbocycles. The Labute approximate surface area is 112 Å². The van der Waals surface area contributed by atoms with Gasteiger partial charge in [-0.25, -0.2) is 0 Å². The van der Waals surface area contributed by atoms with Gasteiger partial charge in [0.2, 0.25) is 0 Å². The van der Waals surface area contributed by atoms with Crippen molar-refractivity contribution in [2.75, 3.05) is 0 Å². The van der Waals surface area contributed by atoms with Crippen LogP contribution in [0.25, 0.3) is 22.4 Å². The Bertz CT molecular complexity index is 679. The summed E-state index contributed by atoms with van der Waals surface area (Å²) in [6.07, 6.45) is 9.12. The second kappa shape index (κ2) is 4.98. The molecule has 3 nitrogen and oxygen atoms in total. The number of hydrogen-bond acceptors (Lipinski definition) is 3. The van der Waals surface area contributed by atoms with Crippen LogP contribution in [-0.2, 0) is 0 Å². The second-order valence-electron chi connectivity index (χ2n) is 4.37. The van der Waals surface area contributed by atoms with E-state index >= 15 is 0 Å². The van der Waals surface area contributed by atoms with Crippen molar-refractivity contribution in [2.45, 2.75) is 6.92 Å². The number of pyridine rings is 3. The standard InChI is InChI=1S/C16H13N3/c1-12-8-16(14-5-3-7-18-10-14)19-11-15(12)13-4-2-6-17-9-13/h2-11H,1H3. The zero-order chi connectivity index (χ0) is 13.1. The average molecular weight is 247 g/mol. The Morgan fingerprint density at radius 2 is 1.53 bits per heavy atom. The fourth-order valence-electron chi connectivity index (χ4n) is 2.05. The van der Waals surface area contributed by atoms with Crippen LogP contribution in [0.3, 0.4) is 0 Å². The summed E-state index contributed by atoms with van der Waals surface area (Å²) in [5.74, 6) is 0. The number of aryl methyl sites for hydroxylation is 1. The van der Waals surface area contributed by atoms with Crippen LogP contribution < -0.4 is 0 Å². The van der Waals surface area contributed by atoms with E-state index in [0.29, 0.717) is 0 Å². The van der Waals surface area contributed by atoms with Crippen molar-refractivity contribution in [1.29, 1.82) is 0 Å². The van der Waals surface area contributed by atoms with Gasteiger partial charge < -0.3 is 0 Å². The van der Waals surface area contributed by atoms with Crippen molar-refractivity contribution in [2.24, 2.45) is 0 Å². The highest BCUT2D eigenvalue weighted by Crippen LogP contribution is 2.25. The van der Waals surface area contributed by atoms with Gasteiger partial charge in [-0.15, -0.1) is 0 Å². The summed E-state index contributed by atoms with van der Waals surface area (Å²) in [5, 5.41) is 0. The molecule has 0 spiro atoms. The SMILES string of the molecule is Cc1cc(-c2cccnc2)ncc1-c1cccnc1. The summed E-state index contributed by atoms with van der Waals surface area (Å²) < 4.78 is 0. The molecule has 0 radical (unpaired) electrons. The highest BCUT2D eigenvalue weighted by atomic mass is 14.7. The largest absolute Gasteiger partial charge is 0.264 e. The molecule has 3 aromatic rings. The molecule has 3 aromatic heterocycles. The van der Waals surface area contributed by atoms with E-state index in [4.69, 9.17) is 0 Å². The molecule has 0 atom stereocenters. The molecule has 0 amide bonds. The van der Waals surface area contributed by atoms with Crippen LogP contribution in [0.4, 0.5) is 0 Å². The number of rotatable bonds is 2. The molecule has 3 rings (SSSR count). The lowest BCUT2D eigenvalue weighted by atomic mass is 10.0. The molecular formula is C16H13N3. The van der Waals surface area contributed by atoms with Gasteiger partial charge in [-0.3, -0.25) is 15.0 Å². The van der Waals surface area contributed by atoms with Crippen molar-refractivity contribution in [3.05, 3.63) is 66.9 Å². The third-order valence-corrected chi connectivity index (χ3v) is 3.04. The topological polar surface area (TPSA) is 38.7 Å². The maximum Gasteiger partial charge on any atom is 0.0720 e. The molecule has 3 heterocycles. The van der Waals surface area contributed by atoms with Crippen LogP contribution in [0.1, 0.15) is 5.56 Å². The molecule has 0 saturated carbocycles. The molecule has 0 unspecified atom stereocenters. The summed E-state index contributed by atoms with van der Waals surface area (Å²) in [7, 11) is 0. The van der Waals surface area contributed by atoms with Crippen molar-refractivity contribution < 1.29 is 0 Å². The maximum atomic E-state index is 4.52. The number of aromatic nitrogens is 3. The predicted molar refractivity (Wildman–Crippen MR) is 75.4 cm³/mol. The van der Waals surface area contributed by atoms with Crippen LogP contribution in [0.15, 0.2) is 61.3 Å². The highest BCUT2D eigenvalue weighted by molar-refractivity contribution is 5.69. The van der Waals surface area contributed by atoms with Crippen molar-refractivity contribution in [1.82, 2.24) is 15.0 Å². The van der Waals surface area contributed by atoms with Crippen molar-refractivity contribution in [3.63, 3.8) is 0 Å². The molecule has 19 heavy (non-hydrogen) atoms. The smallest absolute Gasteiger partial charge is 0.0720 e. The molecule has 0 fully saturated rings. The Kier molecular flexibility index (Phi) is 3.02. The monoisotopic (exact) mass is 247 g/mol. The quantitative estimate of drug-likeness (QED) is 0.695. The van der Waals surface area contributed by atoms with Crippen LogP contribution in [0.2, 0.25) is 0 Å². The molecule has 0 saturated heterocycles. The van der Waals surface area contributed by atoms with Crippen LogP contribution in [0, 0.1) is 6.92 Å². The molecule has 0 aliphatic carbocycles. The van der Waals surface area contributed by atoms with E-state index in [1.165, 1.54) is 5.56 Å². The zero-order valence-electron chi connectivity index (χ0n) is 10.6. The van der Waals surface area contributed by atoms with Gasteiger partial charge in [0.25, 0.3) is 0 Å². The average Bonchev–Trinajstić information content (AvgIpc) is 2.49. The minimum absolute atomic E-state index is 0.943. The van der Waals surface area contributed by atoms with E-state index in [0.717, 1.165) is 22.4 Å². The second-order valence-corrected chi connectivity index (χ2v) is 4.37. The molecule has 0 bridgehead atoms. The lowest BCUT2D eigenvalue weighted by Gasteiger charge is -2.07. The number of nitrogens with zero attached hydrogens (tertiary/aromatic N) is 3. The zero-order valence-corrected chi connectivity index (χ0v) is 10.6. The normalized spacial score (nSPS) is 10.4. The fourth-order valence-corrected chi connectivity index (χ4v) is 2.05. The summed E-state index contributed by atoms with van der Waals surface area (Å²) in [5.41, 5.74) is 5.36. The van der Waals surface area contributed by atoms with E-state index in [2.05, 4.69) is 27.9 Å². The maximum absolute atomic E-state index is 4.52. The van der Waals surface area contributed by atoms with Gasteiger partial charge in [-0.2, -0.15) is 0 Å². The summed E-state index contributed by atoms with van der Waals surface area (Å²) in [6.45, 7) is 2.09. The van der Waals surface area contributed by atoms with Crippen molar-refractivity contribution in [3.8, 4) is 22.4 Å². The molecule has 0 aliphatic rings. The molecule has 0 aliphatic heterocycles. The van der Waals surface area contributed by atoms with Gasteiger partial charge in [-0.05, 0) is 36.8 Å². The summed E-state index contributed by atoms with van der Waals surface area (Å²) in [4.78, 5) is 12.8. The lowest BCUT2D eigenvalue weighted by Crippen LogP contribution is -1.90. The van der Waals surface area contributed by atoms with E-state index in [-0.39, 0.29) is 0 Å². The molecule has 3 heteroatoms. The van der Waals surface area contributed by atoms with Gasteiger partial charge in [0.05, 0.1) is 5.69 Å². The van der Waals surface area contributed by atoms with E-state index < -0.39 is 0 Å². The first-order chi connectivity index (χ1) is 9.34. The van der Waals surface area contributed by atoms with E-state index in [1.807, 2.05) is 42.9 Å². The predicted octanol–water partition coefficient (Wildman–Crippen LogP) is 3.51. The first kappa shape index (κ1) is 11.5. The molecule has 0 N–H and O–H groups in total. The number of hydrogen-bond donors (Lipinski definition) is 0. The Morgan fingerprint density at radius 3 is 2.11 bits per heavy atom. The highest BCUT2D eigenvalue weighted by Gasteiger charge is 2.05. The Hall–Kier alpha value is -2.55. The van der Waals surface area contributed by atoms with Crippen LogP contribution >= 0.6 is 0 Å².